The van der Waals surface area contributed by atoms with Crippen molar-refractivity contribution in [2.24, 2.45) is 0 Å². The summed E-state index contributed by atoms with van der Waals surface area (Å²) in [4.78, 5) is 4.47. The third-order valence-electron chi connectivity index (χ3n) is 2.88. The van der Waals surface area contributed by atoms with Crippen LogP contribution in [0.15, 0.2) is 22.6 Å². The molecule has 0 aliphatic heterocycles. The van der Waals surface area contributed by atoms with Gasteiger partial charge in [-0.2, -0.15) is 0 Å². The van der Waals surface area contributed by atoms with E-state index in [9.17, 15) is 0 Å². The van der Waals surface area contributed by atoms with Crippen LogP contribution in [-0.2, 0) is 5.41 Å². The summed E-state index contributed by atoms with van der Waals surface area (Å²) in [6.07, 6.45) is 0.995. The first-order valence-corrected chi connectivity index (χ1v) is 5.19. The van der Waals surface area contributed by atoms with Gasteiger partial charge >= 0.3 is 0 Å². The minimum atomic E-state index is -0.0201. The van der Waals surface area contributed by atoms with E-state index in [-0.39, 0.29) is 5.41 Å². The second-order valence-electron chi connectivity index (χ2n) is 4.48. The Morgan fingerprint density at radius 2 is 2.13 bits per heavy atom. The molecule has 80 valence electrons. The lowest BCUT2D eigenvalue weighted by Gasteiger charge is -2.16. The Morgan fingerprint density at radius 3 is 2.80 bits per heavy atom. The molecule has 2 aromatic rings. The Labute approximate surface area is 89.3 Å². The second-order valence-corrected chi connectivity index (χ2v) is 4.48. The zero-order chi connectivity index (χ0) is 11.1. The number of rotatable bonds is 2. The summed E-state index contributed by atoms with van der Waals surface area (Å²) in [5, 5.41) is 0. The molecule has 0 unspecified atom stereocenters. The standard InChI is InChI=1S/C12H16N2O/c1-4-12(2,3)11-14-9-6-5-8(13)7-10(9)15-11/h5-7H,4,13H2,1-3H3. The Balaban J connectivity index is 2.56. The molecule has 1 aromatic carbocycles. The van der Waals surface area contributed by atoms with Crippen LogP contribution in [-0.4, -0.2) is 4.98 Å². The van der Waals surface area contributed by atoms with Crippen molar-refractivity contribution in [1.29, 1.82) is 0 Å². The van der Waals surface area contributed by atoms with Crippen molar-refractivity contribution in [3.8, 4) is 0 Å². The Bertz CT molecular complexity index is 485. The number of hydrogen-bond acceptors (Lipinski definition) is 3. The molecule has 0 radical (unpaired) electrons. The van der Waals surface area contributed by atoms with Gasteiger partial charge < -0.3 is 10.2 Å². The lowest BCUT2D eigenvalue weighted by Crippen LogP contribution is -2.15. The normalized spacial score (nSPS) is 12.2. The highest BCUT2D eigenvalue weighted by atomic mass is 16.3. The van der Waals surface area contributed by atoms with Gasteiger partial charge in [-0.15, -0.1) is 0 Å². The number of anilines is 1. The monoisotopic (exact) mass is 204 g/mol. The highest BCUT2D eigenvalue weighted by Gasteiger charge is 2.24. The molecule has 1 heterocycles. The Morgan fingerprint density at radius 1 is 1.40 bits per heavy atom. The van der Waals surface area contributed by atoms with Gasteiger partial charge in [-0.05, 0) is 18.6 Å². The zero-order valence-electron chi connectivity index (χ0n) is 9.37. The summed E-state index contributed by atoms with van der Waals surface area (Å²) in [5.74, 6) is 0.783. The maximum Gasteiger partial charge on any atom is 0.201 e. The number of nitrogen functional groups attached to an aromatic ring is 1. The number of benzene rings is 1. The lowest BCUT2D eigenvalue weighted by molar-refractivity contribution is 0.374. The third kappa shape index (κ3) is 1.69. The molecular weight excluding hydrogens is 188 g/mol. The predicted octanol–water partition coefficient (Wildman–Crippen LogP) is 3.10. The molecule has 0 aliphatic carbocycles. The van der Waals surface area contributed by atoms with Gasteiger partial charge in [0.15, 0.2) is 5.58 Å². The van der Waals surface area contributed by atoms with Crippen LogP contribution in [0.2, 0.25) is 0 Å². The van der Waals surface area contributed by atoms with Crippen LogP contribution in [0.3, 0.4) is 0 Å². The number of nitrogens with two attached hydrogens (primary N) is 1. The van der Waals surface area contributed by atoms with Gasteiger partial charge in [0, 0.05) is 17.2 Å². The van der Waals surface area contributed by atoms with Gasteiger partial charge in [-0.1, -0.05) is 20.8 Å². The van der Waals surface area contributed by atoms with E-state index < -0.39 is 0 Å². The first-order valence-electron chi connectivity index (χ1n) is 5.19. The van der Waals surface area contributed by atoms with Crippen molar-refractivity contribution >= 4 is 16.8 Å². The van der Waals surface area contributed by atoms with Crippen molar-refractivity contribution in [2.45, 2.75) is 32.6 Å². The Hall–Kier alpha value is -1.51. The molecule has 0 fully saturated rings. The number of fused-ring (bicyclic) bond motifs is 1. The fraction of sp³-hybridized carbons (Fsp3) is 0.417. The number of oxazole rings is 1. The number of nitrogens with zero attached hydrogens (tertiary/aromatic N) is 1. The molecule has 3 heteroatoms. The fourth-order valence-electron chi connectivity index (χ4n) is 1.38. The van der Waals surface area contributed by atoms with E-state index in [1.807, 2.05) is 18.2 Å². The van der Waals surface area contributed by atoms with E-state index in [2.05, 4.69) is 25.8 Å². The molecule has 15 heavy (non-hydrogen) atoms. The van der Waals surface area contributed by atoms with Gasteiger partial charge in [-0.3, -0.25) is 0 Å². The largest absolute Gasteiger partial charge is 0.440 e. The minimum absolute atomic E-state index is 0.0201. The SMILES string of the molecule is CCC(C)(C)c1nc2ccc(N)cc2o1. The number of hydrogen-bond donors (Lipinski definition) is 1. The van der Waals surface area contributed by atoms with Crippen LogP contribution < -0.4 is 5.73 Å². The molecule has 0 aliphatic rings. The van der Waals surface area contributed by atoms with Crippen molar-refractivity contribution in [2.75, 3.05) is 5.73 Å². The number of aromatic nitrogens is 1. The van der Waals surface area contributed by atoms with Gasteiger partial charge in [0.05, 0.1) is 0 Å². The highest BCUT2D eigenvalue weighted by Crippen LogP contribution is 2.29. The van der Waals surface area contributed by atoms with E-state index >= 15 is 0 Å². The van der Waals surface area contributed by atoms with Crippen molar-refractivity contribution < 1.29 is 4.42 Å². The third-order valence-corrected chi connectivity index (χ3v) is 2.88. The summed E-state index contributed by atoms with van der Waals surface area (Å²) in [5.41, 5.74) is 8.02. The first kappa shape index (κ1) is 10.0. The molecule has 0 saturated heterocycles. The molecule has 0 spiro atoms. The summed E-state index contributed by atoms with van der Waals surface area (Å²) in [6, 6.07) is 5.55. The predicted molar refractivity (Wildman–Crippen MR) is 61.7 cm³/mol. The molecule has 1 aromatic heterocycles. The molecule has 2 rings (SSSR count). The van der Waals surface area contributed by atoms with Crippen LogP contribution >= 0.6 is 0 Å². The van der Waals surface area contributed by atoms with Crippen molar-refractivity contribution in [3.05, 3.63) is 24.1 Å². The van der Waals surface area contributed by atoms with Crippen LogP contribution in [0, 0.1) is 0 Å². The second kappa shape index (κ2) is 3.26. The highest BCUT2D eigenvalue weighted by molar-refractivity contribution is 5.76. The average Bonchev–Trinajstić information content (AvgIpc) is 2.61. The summed E-state index contributed by atoms with van der Waals surface area (Å²) < 4.78 is 5.71. The van der Waals surface area contributed by atoms with Gasteiger partial charge in [0.2, 0.25) is 5.89 Å². The summed E-state index contributed by atoms with van der Waals surface area (Å²) >= 11 is 0. The molecule has 0 bridgehead atoms. The van der Waals surface area contributed by atoms with Gasteiger partial charge in [0.25, 0.3) is 0 Å². The maximum atomic E-state index is 5.71. The summed E-state index contributed by atoms with van der Waals surface area (Å²) in [6.45, 7) is 6.38. The molecule has 0 atom stereocenters. The average molecular weight is 204 g/mol. The quantitative estimate of drug-likeness (QED) is 0.765. The van der Waals surface area contributed by atoms with E-state index in [0.29, 0.717) is 5.69 Å². The van der Waals surface area contributed by atoms with E-state index in [0.717, 1.165) is 23.4 Å². The molecule has 3 nitrogen and oxygen atoms in total. The van der Waals surface area contributed by atoms with Gasteiger partial charge in [-0.25, -0.2) is 4.98 Å². The van der Waals surface area contributed by atoms with Crippen LogP contribution in [0.1, 0.15) is 33.1 Å². The molecule has 0 saturated carbocycles. The topological polar surface area (TPSA) is 52.0 Å². The molecule has 0 amide bonds. The maximum absolute atomic E-state index is 5.71. The van der Waals surface area contributed by atoms with Gasteiger partial charge in [0.1, 0.15) is 5.52 Å². The van der Waals surface area contributed by atoms with Crippen LogP contribution in [0.4, 0.5) is 5.69 Å². The van der Waals surface area contributed by atoms with E-state index in [1.54, 1.807) is 0 Å². The lowest BCUT2D eigenvalue weighted by atomic mass is 9.90. The van der Waals surface area contributed by atoms with E-state index in [4.69, 9.17) is 10.2 Å². The zero-order valence-corrected chi connectivity index (χ0v) is 9.37. The first-order chi connectivity index (χ1) is 7.03. The minimum Gasteiger partial charge on any atom is -0.440 e. The molecular formula is C12H16N2O. The van der Waals surface area contributed by atoms with Crippen LogP contribution in [0.25, 0.3) is 11.1 Å². The Kier molecular flexibility index (Phi) is 2.18. The van der Waals surface area contributed by atoms with E-state index in [1.165, 1.54) is 0 Å². The summed E-state index contributed by atoms with van der Waals surface area (Å²) in [7, 11) is 0. The van der Waals surface area contributed by atoms with Crippen LogP contribution in [0.5, 0.6) is 0 Å². The van der Waals surface area contributed by atoms with Crippen molar-refractivity contribution in [1.82, 2.24) is 4.98 Å². The fourth-order valence-corrected chi connectivity index (χ4v) is 1.38. The van der Waals surface area contributed by atoms with Crippen molar-refractivity contribution in [3.63, 3.8) is 0 Å². The smallest absolute Gasteiger partial charge is 0.201 e. The molecule has 2 N–H and O–H groups in total.